The van der Waals surface area contributed by atoms with Gasteiger partial charge in [-0.1, -0.05) is 58.4 Å². The zero-order valence-electron chi connectivity index (χ0n) is 17.0. The van der Waals surface area contributed by atoms with E-state index in [1.165, 1.54) is 14.2 Å². The third kappa shape index (κ3) is 3.47. The predicted octanol–water partition coefficient (Wildman–Crippen LogP) is 4.10. The number of hydrogen-bond acceptors (Lipinski definition) is 6. The summed E-state index contributed by atoms with van der Waals surface area (Å²) in [7, 11) is 2.47. The topological polar surface area (TPSA) is 78.9 Å². The van der Waals surface area contributed by atoms with Gasteiger partial charge in [-0.05, 0) is 36.1 Å². The number of rotatable bonds is 4. The van der Waals surface area contributed by atoms with E-state index in [0.29, 0.717) is 11.3 Å². The average Bonchev–Trinajstić information content (AvgIpc) is 3.15. The number of cyclic esters (lactones) is 1. The first-order valence-corrected chi connectivity index (χ1v) is 10.6. The van der Waals surface area contributed by atoms with E-state index in [-0.39, 0.29) is 6.42 Å². The Morgan fingerprint density at radius 3 is 2.19 bits per heavy atom. The summed E-state index contributed by atoms with van der Waals surface area (Å²) in [6.45, 7) is 0. The molecule has 7 heteroatoms. The minimum atomic E-state index is -1.66. The Hall–Kier alpha value is -2.93. The molecule has 0 N–H and O–H groups in total. The maximum Gasteiger partial charge on any atom is 0.323 e. The standard InChI is InChI=1S/C24H21BrO6/c1-29-22(27)24(23(28)30-2)13-16-12-18(14-6-4-3-5-7-14)31-21(26)19(16)20(24)15-8-10-17(25)11-9-15/h3-12,16,19-20H,13H2,1-2H3/t16-,19-,20+/m1/s1. The molecule has 1 aliphatic heterocycles. The Bertz CT molecular complexity index is 1030. The molecule has 0 spiro atoms. The van der Waals surface area contributed by atoms with Crippen molar-refractivity contribution in [2.45, 2.75) is 12.3 Å². The fourth-order valence-corrected chi connectivity index (χ4v) is 5.11. The molecular weight excluding hydrogens is 464 g/mol. The van der Waals surface area contributed by atoms with E-state index >= 15 is 0 Å². The number of fused-ring (bicyclic) bond motifs is 1. The Balaban J connectivity index is 1.89. The molecule has 3 atom stereocenters. The molecule has 1 fully saturated rings. The van der Waals surface area contributed by atoms with Gasteiger partial charge in [0.2, 0.25) is 0 Å². The highest BCUT2D eigenvalue weighted by Crippen LogP contribution is 2.59. The molecule has 0 radical (unpaired) electrons. The van der Waals surface area contributed by atoms with E-state index in [2.05, 4.69) is 15.9 Å². The molecule has 2 aliphatic rings. The highest BCUT2D eigenvalue weighted by atomic mass is 79.9. The number of ether oxygens (including phenoxy) is 3. The van der Waals surface area contributed by atoms with Gasteiger partial charge in [0.05, 0.1) is 20.1 Å². The summed E-state index contributed by atoms with van der Waals surface area (Å²) < 4.78 is 16.7. The number of esters is 3. The molecular formula is C24H21BrO6. The number of hydrogen-bond donors (Lipinski definition) is 0. The van der Waals surface area contributed by atoms with Crippen molar-refractivity contribution in [3.8, 4) is 0 Å². The van der Waals surface area contributed by atoms with Crippen LogP contribution in [0, 0.1) is 17.3 Å². The van der Waals surface area contributed by atoms with Gasteiger partial charge in [0.25, 0.3) is 0 Å². The minimum Gasteiger partial charge on any atom is -0.468 e. The summed E-state index contributed by atoms with van der Waals surface area (Å²) in [4.78, 5) is 39.4. The molecule has 1 heterocycles. The van der Waals surface area contributed by atoms with Crippen molar-refractivity contribution in [2.75, 3.05) is 14.2 Å². The van der Waals surface area contributed by atoms with Crippen LogP contribution in [0.15, 0.2) is 65.1 Å². The monoisotopic (exact) mass is 484 g/mol. The molecule has 0 amide bonds. The Kier molecular flexibility index (Phi) is 5.71. The van der Waals surface area contributed by atoms with Gasteiger partial charge in [-0.2, -0.15) is 0 Å². The van der Waals surface area contributed by atoms with Crippen LogP contribution in [0.5, 0.6) is 0 Å². The first-order valence-electron chi connectivity index (χ1n) is 9.83. The third-order valence-electron chi connectivity index (χ3n) is 6.14. The molecule has 0 bridgehead atoms. The van der Waals surface area contributed by atoms with Crippen LogP contribution in [-0.4, -0.2) is 32.1 Å². The molecule has 31 heavy (non-hydrogen) atoms. The van der Waals surface area contributed by atoms with Crippen molar-refractivity contribution in [3.05, 3.63) is 76.3 Å². The first-order chi connectivity index (χ1) is 14.9. The molecule has 1 aliphatic carbocycles. The van der Waals surface area contributed by atoms with Crippen molar-refractivity contribution >= 4 is 39.6 Å². The Morgan fingerprint density at radius 2 is 1.61 bits per heavy atom. The van der Waals surface area contributed by atoms with E-state index in [1.54, 1.807) is 24.3 Å². The number of allylic oxidation sites excluding steroid dienone is 1. The predicted molar refractivity (Wildman–Crippen MR) is 115 cm³/mol. The molecule has 1 saturated carbocycles. The van der Waals surface area contributed by atoms with Crippen LogP contribution in [0.25, 0.3) is 5.76 Å². The lowest BCUT2D eigenvalue weighted by atomic mass is 9.71. The summed E-state index contributed by atoms with van der Waals surface area (Å²) in [5, 5.41) is 0. The highest BCUT2D eigenvalue weighted by molar-refractivity contribution is 9.10. The molecule has 4 rings (SSSR count). The lowest BCUT2D eigenvalue weighted by Gasteiger charge is -2.32. The zero-order valence-corrected chi connectivity index (χ0v) is 18.6. The fraction of sp³-hybridized carbons (Fsp3) is 0.292. The quantitative estimate of drug-likeness (QED) is 0.369. The molecule has 160 valence electrons. The SMILES string of the molecule is COC(=O)C1(C(=O)OC)C[C@H]2C=C(c3ccccc3)OC(=O)[C@H]2[C@@H]1c1ccc(Br)cc1. The number of carbonyl (C=O) groups is 3. The number of methoxy groups -OCH3 is 2. The van der Waals surface area contributed by atoms with Crippen molar-refractivity contribution in [1.82, 2.24) is 0 Å². The second-order valence-corrected chi connectivity index (χ2v) is 8.61. The second kappa shape index (κ2) is 8.30. The maximum absolute atomic E-state index is 13.2. The van der Waals surface area contributed by atoms with Crippen molar-refractivity contribution in [3.63, 3.8) is 0 Å². The Morgan fingerprint density at radius 1 is 1.00 bits per heavy atom. The van der Waals surface area contributed by atoms with Gasteiger partial charge in [-0.3, -0.25) is 14.4 Å². The molecule has 0 unspecified atom stereocenters. The lowest BCUT2D eigenvalue weighted by molar-refractivity contribution is -0.170. The molecule has 2 aromatic carbocycles. The van der Waals surface area contributed by atoms with Gasteiger partial charge in [0.15, 0.2) is 5.41 Å². The highest BCUT2D eigenvalue weighted by Gasteiger charge is 2.67. The fourth-order valence-electron chi connectivity index (χ4n) is 4.85. The largest absolute Gasteiger partial charge is 0.468 e. The molecule has 6 nitrogen and oxygen atoms in total. The van der Waals surface area contributed by atoms with E-state index in [9.17, 15) is 14.4 Å². The van der Waals surface area contributed by atoms with Crippen LogP contribution < -0.4 is 0 Å². The van der Waals surface area contributed by atoms with E-state index in [4.69, 9.17) is 14.2 Å². The normalized spacial score (nSPS) is 23.9. The van der Waals surface area contributed by atoms with E-state index in [0.717, 1.165) is 10.0 Å². The minimum absolute atomic E-state index is 0.0865. The lowest BCUT2D eigenvalue weighted by Crippen LogP contribution is -2.45. The maximum atomic E-state index is 13.2. The first kappa shape index (κ1) is 21.3. The summed E-state index contributed by atoms with van der Waals surface area (Å²) >= 11 is 3.40. The molecule has 0 saturated heterocycles. The van der Waals surface area contributed by atoms with Crippen LogP contribution in [0.1, 0.15) is 23.5 Å². The van der Waals surface area contributed by atoms with Gasteiger partial charge >= 0.3 is 17.9 Å². The molecule has 0 aromatic heterocycles. The summed E-state index contributed by atoms with van der Waals surface area (Å²) in [5.74, 6) is -3.41. The smallest absolute Gasteiger partial charge is 0.323 e. The van der Waals surface area contributed by atoms with Gasteiger partial charge in [-0.25, -0.2) is 0 Å². The van der Waals surface area contributed by atoms with Crippen LogP contribution in [0.2, 0.25) is 0 Å². The average molecular weight is 485 g/mol. The van der Waals surface area contributed by atoms with Crippen molar-refractivity contribution in [2.24, 2.45) is 17.3 Å². The second-order valence-electron chi connectivity index (χ2n) is 7.70. The number of carbonyl (C=O) groups excluding carboxylic acids is 3. The van der Waals surface area contributed by atoms with Crippen LogP contribution >= 0.6 is 15.9 Å². The van der Waals surface area contributed by atoms with Crippen LogP contribution in [0.3, 0.4) is 0 Å². The van der Waals surface area contributed by atoms with Gasteiger partial charge < -0.3 is 14.2 Å². The summed E-state index contributed by atoms with van der Waals surface area (Å²) in [5.41, 5.74) is -0.239. The van der Waals surface area contributed by atoms with E-state index < -0.39 is 41.1 Å². The van der Waals surface area contributed by atoms with Crippen LogP contribution in [0.4, 0.5) is 0 Å². The van der Waals surface area contributed by atoms with Gasteiger partial charge in [0, 0.05) is 16.0 Å². The van der Waals surface area contributed by atoms with Gasteiger partial charge in [0.1, 0.15) is 5.76 Å². The van der Waals surface area contributed by atoms with Crippen molar-refractivity contribution < 1.29 is 28.6 Å². The zero-order chi connectivity index (χ0) is 22.2. The third-order valence-corrected chi connectivity index (χ3v) is 6.67. The van der Waals surface area contributed by atoms with Crippen molar-refractivity contribution in [1.29, 1.82) is 0 Å². The van der Waals surface area contributed by atoms with Crippen LogP contribution in [-0.2, 0) is 28.6 Å². The number of benzene rings is 2. The summed E-state index contributed by atoms with van der Waals surface area (Å²) in [6.07, 6.45) is 1.92. The number of halogens is 1. The van der Waals surface area contributed by atoms with E-state index in [1.807, 2.05) is 36.4 Å². The van der Waals surface area contributed by atoms with Gasteiger partial charge in [-0.15, -0.1) is 0 Å². The summed E-state index contributed by atoms with van der Waals surface area (Å²) in [6, 6.07) is 16.5. The molecule has 2 aromatic rings. The Labute approximate surface area is 188 Å².